The summed E-state index contributed by atoms with van der Waals surface area (Å²) in [5.74, 6) is 1.07. The molecule has 2 fully saturated rings. The molecule has 2 aliphatic rings. The first-order valence-electron chi connectivity index (χ1n) is 12.0. The molecule has 1 aromatic heterocycles. The van der Waals surface area contributed by atoms with Gasteiger partial charge in [-0.1, -0.05) is 93.0 Å². The third-order valence-corrected chi connectivity index (χ3v) is 13.7. The highest BCUT2D eigenvalue weighted by atomic mass is 35.5. The van der Waals surface area contributed by atoms with Crippen molar-refractivity contribution in [3.05, 3.63) is 77.6 Å². The maximum absolute atomic E-state index is 12.0. The summed E-state index contributed by atoms with van der Waals surface area (Å²) in [5.41, 5.74) is 0.740. The highest BCUT2D eigenvalue weighted by Gasteiger charge is 2.60. The van der Waals surface area contributed by atoms with Crippen molar-refractivity contribution in [3.63, 3.8) is 0 Å². The Kier molecular flexibility index (Phi) is 6.19. The van der Waals surface area contributed by atoms with Gasteiger partial charge in [0.25, 0.3) is 8.32 Å². The molecule has 2 unspecified atom stereocenters. The number of halogens is 1. The van der Waals surface area contributed by atoms with Crippen LogP contribution in [0.1, 0.15) is 45.2 Å². The van der Waals surface area contributed by atoms with Gasteiger partial charge in [0.1, 0.15) is 5.15 Å². The Balaban J connectivity index is 1.43. The number of rotatable bonds is 6. The Hall–Kier alpha value is -2.06. The first-order valence-corrected chi connectivity index (χ1v) is 16.2. The lowest BCUT2D eigenvalue weighted by Gasteiger charge is -2.45. The summed E-state index contributed by atoms with van der Waals surface area (Å²) in [6, 6.07) is 23.1. The van der Waals surface area contributed by atoms with E-state index in [2.05, 4.69) is 91.4 Å². The number of fused-ring (bicyclic) bond motifs is 1. The van der Waals surface area contributed by atoms with Gasteiger partial charge in [0.05, 0.1) is 5.69 Å². The molecule has 0 spiro atoms. The molecule has 8 heteroatoms. The molecule has 1 heterocycles. The standard InChI is InChI=1S/C27H31ClN2O3SSi/c1-27(2,3)35(19-11-7-5-8-12-19,20-13-9-6-10-14-20)33-18-15-21-22(16-18)25(21)23-17-24(28)30-26(29-23)34(4,31)32/h5-14,17-18,21-22,25H,15-16H2,1-4H3/t18?,21-,22+,25?. The van der Waals surface area contributed by atoms with Crippen molar-refractivity contribution >= 4 is 40.1 Å². The van der Waals surface area contributed by atoms with Gasteiger partial charge in [-0.25, -0.2) is 18.4 Å². The Labute approximate surface area is 214 Å². The number of sulfone groups is 1. The largest absolute Gasteiger partial charge is 0.404 e. The second-order valence-electron chi connectivity index (χ2n) is 10.9. The number of nitrogens with zero attached hydrogens (tertiary/aromatic N) is 2. The molecule has 0 radical (unpaired) electrons. The minimum atomic E-state index is -3.52. The van der Waals surface area contributed by atoms with Gasteiger partial charge >= 0.3 is 0 Å². The molecule has 0 aliphatic heterocycles. The quantitative estimate of drug-likeness (QED) is 0.267. The van der Waals surface area contributed by atoms with Crippen LogP contribution >= 0.6 is 11.6 Å². The lowest BCUT2D eigenvalue weighted by molar-refractivity contribution is 0.177. The summed E-state index contributed by atoms with van der Waals surface area (Å²) >= 11 is 6.15. The molecule has 4 atom stereocenters. The SMILES string of the molecule is CC(C)(C)[Si](OC1C[C@@H]2C(c3cc(Cl)nc(S(C)(=O)=O)n3)[C@@H]2C1)(c1ccccc1)c1ccccc1. The van der Waals surface area contributed by atoms with Gasteiger partial charge in [0, 0.05) is 18.3 Å². The van der Waals surface area contributed by atoms with Crippen LogP contribution in [-0.4, -0.2) is 39.1 Å². The van der Waals surface area contributed by atoms with Crippen molar-refractivity contribution < 1.29 is 12.8 Å². The van der Waals surface area contributed by atoms with Gasteiger partial charge in [0.15, 0.2) is 0 Å². The van der Waals surface area contributed by atoms with Crippen molar-refractivity contribution in [2.75, 3.05) is 6.26 Å². The lowest BCUT2D eigenvalue weighted by atomic mass is 10.1. The zero-order valence-electron chi connectivity index (χ0n) is 20.5. The number of aromatic nitrogens is 2. The lowest BCUT2D eigenvalue weighted by Crippen LogP contribution is -2.67. The highest BCUT2D eigenvalue weighted by molar-refractivity contribution is 7.90. The molecule has 2 aliphatic carbocycles. The first-order chi connectivity index (χ1) is 16.5. The molecule has 35 heavy (non-hydrogen) atoms. The second kappa shape index (κ2) is 8.80. The van der Waals surface area contributed by atoms with Gasteiger partial charge in [-0.05, 0) is 46.2 Å². The first kappa shape index (κ1) is 24.6. The predicted molar refractivity (Wildman–Crippen MR) is 142 cm³/mol. The Morgan fingerprint density at radius 1 is 0.914 bits per heavy atom. The molecule has 184 valence electrons. The van der Waals surface area contributed by atoms with Crippen molar-refractivity contribution in [3.8, 4) is 0 Å². The minimum absolute atomic E-state index is 0.0630. The summed E-state index contributed by atoms with van der Waals surface area (Å²) in [6.07, 6.45) is 3.15. The Morgan fingerprint density at radius 3 is 1.89 bits per heavy atom. The fourth-order valence-corrected chi connectivity index (χ4v) is 11.5. The summed E-state index contributed by atoms with van der Waals surface area (Å²) < 4.78 is 31.3. The van der Waals surface area contributed by atoms with Crippen LogP contribution in [0, 0.1) is 11.8 Å². The van der Waals surface area contributed by atoms with E-state index in [9.17, 15) is 8.42 Å². The van der Waals surface area contributed by atoms with Crippen molar-refractivity contribution in [2.24, 2.45) is 11.8 Å². The fourth-order valence-electron chi connectivity index (χ4n) is 6.02. The molecule has 0 bridgehead atoms. The van der Waals surface area contributed by atoms with E-state index in [1.54, 1.807) is 6.07 Å². The maximum Gasteiger partial charge on any atom is 0.261 e. The minimum Gasteiger partial charge on any atom is -0.404 e. The van der Waals surface area contributed by atoms with Crippen molar-refractivity contribution in [2.45, 2.75) is 55.8 Å². The average molecular weight is 527 g/mol. The summed E-state index contributed by atoms with van der Waals surface area (Å²) in [4.78, 5) is 8.28. The Bertz CT molecular complexity index is 1280. The molecule has 2 aromatic carbocycles. The molecule has 5 nitrogen and oxygen atoms in total. The summed E-state index contributed by atoms with van der Waals surface area (Å²) in [7, 11) is -6.11. The maximum atomic E-state index is 12.0. The normalized spacial score (nSPS) is 24.3. The van der Waals surface area contributed by atoms with Crippen LogP contribution in [0.15, 0.2) is 71.9 Å². The average Bonchev–Trinajstić information content (AvgIpc) is 3.31. The van der Waals surface area contributed by atoms with Gasteiger partial charge < -0.3 is 4.43 Å². The third kappa shape index (κ3) is 4.48. The zero-order chi connectivity index (χ0) is 25.0. The van der Waals surface area contributed by atoms with Crippen LogP contribution in [0.5, 0.6) is 0 Å². The van der Waals surface area contributed by atoms with Crippen molar-refractivity contribution in [1.29, 1.82) is 0 Å². The molecule has 2 saturated carbocycles. The fraction of sp³-hybridized carbons (Fsp3) is 0.407. The topological polar surface area (TPSA) is 69.2 Å². The second-order valence-corrected chi connectivity index (χ2v) is 17.4. The molecular weight excluding hydrogens is 496 g/mol. The Morgan fingerprint density at radius 2 is 1.43 bits per heavy atom. The number of benzene rings is 2. The van der Waals surface area contributed by atoms with E-state index in [-0.39, 0.29) is 27.4 Å². The van der Waals surface area contributed by atoms with Crippen molar-refractivity contribution in [1.82, 2.24) is 9.97 Å². The van der Waals surface area contributed by atoms with E-state index in [0.717, 1.165) is 24.8 Å². The van der Waals surface area contributed by atoms with E-state index < -0.39 is 18.2 Å². The third-order valence-electron chi connectivity index (χ3n) is 7.53. The zero-order valence-corrected chi connectivity index (χ0v) is 23.1. The molecule has 3 aromatic rings. The van der Waals surface area contributed by atoms with E-state index in [1.165, 1.54) is 10.4 Å². The van der Waals surface area contributed by atoms with Crippen LogP contribution in [0.4, 0.5) is 0 Å². The van der Waals surface area contributed by atoms with Gasteiger partial charge in [-0.15, -0.1) is 0 Å². The summed E-state index contributed by atoms with van der Waals surface area (Å²) in [5, 5.41) is 2.50. The predicted octanol–water partition coefficient (Wildman–Crippen LogP) is 4.60. The molecule has 0 saturated heterocycles. The van der Waals surface area contributed by atoms with Crippen LogP contribution < -0.4 is 10.4 Å². The van der Waals surface area contributed by atoms with Crippen LogP contribution in [0.2, 0.25) is 10.2 Å². The van der Waals surface area contributed by atoms with E-state index in [4.69, 9.17) is 16.0 Å². The number of hydrogen-bond acceptors (Lipinski definition) is 5. The van der Waals surface area contributed by atoms with E-state index >= 15 is 0 Å². The van der Waals surface area contributed by atoms with Gasteiger partial charge in [0.2, 0.25) is 15.0 Å². The smallest absolute Gasteiger partial charge is 0.261 e. The van der Waals surface area contributed by atoms with Crippen LogP contribution in [0.25, 0.3) is 0 Å². The molecule has 5 rings (SSSR count). The number of hydrogen-bond donors (Lipinski definition) is 0. The molecule has 0 amide bonds. The van der Waals surface area contributed by atoms with Crippen LogP contribution in [-0.2, 0) is 14.3 Å². The van der Waals surface area contributed by atoms with Gasteiger partial charge in [-0.3, -0.25) is 0 Å². The highest BCUT2D eigenvalue weighted by Crippen LogP contribution is 2.64. The molecular formula is C27H31ClN2O3SSi. The summed E-state index contributed by atoms with van der Waals surface area (Å²) in [6.45, 7) is 6.90. The van der Waals surface area contributed by atoms with Crippen LogP contribution in [0.3, 0.4) is 0 Å². The monoisotopic (exact) mass is 526 g/mol. The van der Waals surface area contributed by atoms with Gasteiger partial charge in [-0.2, -0.15) is 0 Å². The van der Waals surface area contributed by atoms with E-state index in [0.29, 0.717) is 11.8 Å². The van der Waals surface area contributed by atoms with E-state index in [1.807, 2.05) is 0 Å². The molecule has 0 N–H and O–H groups in total.